The van der Waals surface area contributed by atoms with Crippen LogP contribution in [0.3, 0.4) is 0 Å². The molecule has 9 heteroatoms. The maximum atomic E-state index is 12.2. The van der Waals surface area contributed by atoms with Gasteiger partial charge in [0.2, 0.25) is 11.6 Å². The van der Waals surface area contributed by atoms with E-state index in [2.05, 4.69) is 37.7 Å². The molecule has 0 bridgehead atoms. The van der Waals surface area contributed by atoms with Crippen LogP contribution in [0, 0.1) is 22.6 Å². The molecule has 0 radical (unpaired) electrons. The summed E-state index contributed by atoms with van der Waals surface area (Å²) < 4.78 is 3.52. The van der Waals surface area contributed by atoms with Crippen molar-refractivity contribution in [1.29, 1.82) is 0 Å². The molecule has 22 heavy (non-hydrogen) atoms. The van der Waals surface area contributed by atoms with E-state index in [9.17, 15) is 5.21 Å². The van der Waals surface area contributed by atoms with E-state index in [-0.39, 0.29) is 17.6 Å². The van der Waals surface area contributed by atoms with Gasteiger partial charge in [-0.25, -0.2) is 9.67 Å². The summed E-state index contributed by atoms with van der Waals surface area (Å²) in [5.74, 6) is 0.0736. The van der Waals surface area contributed by atoms with Crippen molar-refractivity contribution >= 4 is 51.2 Å². The number of anilines is 1. The van der Waals surface area contributed by atoms with Crippen molar-refractivity contribution in [1.82, 2.24) is 19.7 Å². The number of nitrogens with two attached hydrogens (primary N) is 1. The molecule has 0 aromatic carbocycles. The van der Waals surface area contributed by atoms with Crippen LogP contribution in [-0.4, -0.2) is 19.7 Å². The summed E-state index contributed by atoms with van der Waals surface area (Å²) in [5, 5.41) is 17.3. The summed E-state index contributed by atoms with van der Waals surface area (Å²) in [6.07, 6.45) is 3.13. The number of halogens is 2. The number of rotatable bonds is 2. The molecule has 7 nitrogen and oxygen atoms in total. The largest absolute Gasteiger partial charge is 0.618 e. The molecular formula is C13H12ClIN6O. The van der Waals surface area contributed by atoms with Gasteiger partial charge in [0.15, 0.2) is 11.8 Å². The van der Waals surface area contributed by atoms with Crippen molar-refractivity contribution in [2.75, 3.05) is 5.73 Å². The minimum Gasteiger partial charge on any atom is -0.618 e. The lowest BCUT2D eigenvalue weighted by molar-refractivity contribution is -0.615. The second-order valence-corrected chi connectivity index (χ2v) is 6.37. The predicted octanol–water partition coefficient (Wildman–Crippen LogP) is 1.97. The third-order valence-corrected chi connectivity index (χ3v) is 5.40. The first kappa shape index (κ1) is 15.2. The summed E-state index contributed by atoms with van der Waals surface area (Å²) in [7, 11) is 0. The predicted molar refractivity (Wildman–Crippen MR) is 91.4 cm³/mol. The molecule has 0 saturated heterocycles. The van der Waals surface area contributed by atoms with Crippen molar-refractivity contribution < 1.29 is 4.73 Å². The molecule has 0 amide bonds. The molecule has 0 fully saturated rings. The summed E-state index contributed by atoms with van der Waals surface area (Å²) in [6, 6.07) is 0. The van der Waals surface area contributed by atoms with Gasteiger partial charge in [-0.3, -0.25) is 0 Å². The Kier molecular flexibility index (Phi) is 3.81. The molecule has 3 rings (SSSR count). The highest BCUT2D eigenvalue weighted by molar-refractivity contribution is 14.1. The smallest absolute Gasteiger partial charge is 0.223 e. The van der Waals surface area contributed by atoms with Crippen LogP contribution in [0.4, 0.5) is 5.95 Å². The Labute approximate surface area is 144 Å². The topological polar surface area (TPSA) is 96.6 Å². The fourth-order valence-corrected chi connectivity index (χ4v) is 2.95. The number of hydrogen-bond donors (Lipinski definition) is 1. The monoisotopic (exact) mass is 430 g/mol. The van der Waals surface area contributed by atoms with Gasteiger partial charge < -0.3 is 10.9 Å². The van der Waals surface area contributed by atoms with Crippen LogP contribution in [0.2, 0.25) is 5.15 Å². The zero-order valence-electron chi connectivity index (χ0n) is 11.8. The van der Waals surface area contributed by atoms with Crippen LogP contribution in [-0.2, 0) is 6.54 Å². The van der Waals surface area contributed by atoms with Gasteiger partial charge >= 0.3 is 0 Å². The third-order valence-electron chi connectivity index (χ3n) is 3.45. The van der Waals surface area contributed by atoms with Crippen LogP contribution < -0.4 is 10.5 Å². The Hall–Kier alpha value is -1.68. The Bertz CT molecular complexity index is 894. The van der Waals surface area contributed by atoms with Crippen LogP contribution in [0.5, 0.6) is 0 Å². The average molecular weight is 431 g/mol. The number of hydrogen-bond acceptors (Lipinski definition) is 5. The first-order valence-electron chi connectivity index (χ1n) is 6.40. The van der Waals surface area contributed by atoms with Crippen molar-refractivity contribution in [2.24, 2.45) is 0 Å². The Balaban J connectivity index is 2.14. The number of nitrogens with zero attached hydrogens (tertiary/aromatic N) is 5. The molecule has 0 spiro atoms. The molecule has 0 aliphatic heterocycles. The van der Waals surface area contributed by atoms with E-state index in [0.717, 1.165) is 19.4 Å². The average Bonchev–Trinajstić information content (AvgIpc) is 2.84. The van der Waals surface area contributed by atoms with Crippen LogP contribution >= 0.6 is 34.2 Å². The normalized spacial score (nSPS) is 11.3. The van der Waals surface area contributed by atoms with Crippen molar-refractivity contribution in [3.63, 3.8) is 0 Å². The van der Waals surface area contributed by atoms with Crippen LogP contribution in [0.15, 0.2) is 12.4 Å². The molecule has 3 aromatic rings. The SMILES string of the molecule is Cc1c[n+]([O-])c(Cn2ncc3c(Cl)nc(N)nc32)c(C)c1I. The molecule has 0 aliphatic carbocycles. The fraction of sp³-hybridized carbons (Fsp3) is 0.231. The summed E-state index contributed by atoms with van der Waals surface area (Å²) >= 11 is 8.27. The van der Waals surface area contributed by atoms with E-state index in [4.69, 9.17) is 17.3 Å². The Morgan fingerprint density at radius 3 is 2.86 bits per heavy atom. The van der Waals surface area contributed by atoms with E-state index in [1.54, 1.807) is 17.1 Å². The lowest BCUT2D eigenvalue weighted by atomic mass is 10.1. The Morgan fingerprint density at radius 2 is 2.14 bits per heavy atom. The highest BCUT2D eigenvalue weighted by Crippen LogP contribution is 2.22. The highest BCUT2D eigenvalue weighted by Gasteiger charge is 2.19. The fourth-order valence-electron chi connectivity index (χ4n) is 2.28. The second kappa shape index (κ2) is 5.51. The lowest BCUT2D eigenvalue weighted by Gasteiger charge is -2.11. The van der Waals surface area contributed by atoms with Gasteiger partial charge in [0, 0.05) is 14.7 Å². The number of aromatic nitrogens is 5. The molecule has 0 saturated carbocycles. The maximum Gasteiger partial charge on any atom is 0.223 e. The zero-order valence-corrected chi connectivity index (χ0v) is 14.8. The molecular weight excluding hydrogens is 419 g/mol. The maximum absolute atomic E-state index is 12.2. The zero-order chi connectivity index (χ0) is 16.0. The molecule has 2 N–H and O–H groups in total. The van der Waals surface area contributed by atoms with Gasteiger partial charge in [0.25, 0.3) is 0 Å². The van der Waals surface area contributed by atoms with Crippen molar-refractivity contribution in [2.45, 2.75) is 20.4 Å². The third kappa shape index (κ3) is 2.45. The molecule has 0 unspecified atom stereocenters. The van der Waals surface area contributed by atoms with Gasteiger partial charge in [-0.05, 0) is 36.4 Å². The number of pyridine rings is 1. The lowest BCUT2D eigenvalue weighted by Crippen LogP contribution is -2.35. The van der Waals surface area contributed by atoms with Crippen molar-refractivity contribution in [3.8, 4) is 0 Å². The minimum absolute atomic E-state index is 0.0736. The van der Waals surface area contributed by atoms with E-state index in [1.165, 1.54) is 0 Å². The van der Waals surface area contributed by atoms with Crippen LogP contribution in [0.25, 0.3) is 11.0 Å². The molecule has 0 atom stereocenters. The van der Waals surface area contributed by atoms with Crippen molar-refractivity contribution in [3.05, 3.63) is 43.1 Å². The summed E-state index contributed by atoms with van der Waals surface area (Å²) in [5.41, 5.74) is 8.61. The van der Waals surface area contributed by atoms with E-state index in [0.29, 0.717) is 16.7 Å². The van der Waals surface area contributed by atoms with E-state index in [1.807, 2.05) is 13.8 Å². The summed E-state index contributed by atoms with van der Waals surface area (Å²) in [4.78, 5) is 8.06. The number of fused-ring (bicyclic) bond motifs is 1. The first-order valence-corrected chi connectivity index (χ1v) is 7.86. The van der Waals surface area contributed by atoms with Gasteiger partial charge in [0.1, 0.15) is 11.7 Å². The highest BCUT2D eigenvalue weighted by atomic mass is 127. The van der Waals surface area contributed by atoms with Gasteiger partial charge in [-0.15, -0.1) is 0 Å². The molecule has 3 aromatic heterocycles. The van der Waals surface area contributed by atoms with Crippen LogP contribution in [0.1, 0.15) is 16.8 Å². The first-order chi connectivity index (χ1) is 10.4. The minimum atomic E-state index is 0.0736. The Morgan fingerprint density at radius 1 is 1.41 bits per heavy atom. The van der Waals surface area contributed by atoms with E-state index >= 15 is 0 Å². The quantitative estimate of drug-likeness (QED) is 0.290. The van der Waals surface area contributed by atoms with E-state index < -0.39 is 0 Å². The molecule has 114 valence electrons. The second-order valence-electron chi connectivity index (χ2n) is 4.94. The molecule has 0 aliphatic rings. The number of aryl methyl sites for hydroxylation is 1. The van der Waals surface area contributed by atoms with Gasteiger partial charge in [0.05, 0.1) is 11.6 Å². The van der Waals surface area contributed by atoms with Gasteiger partial charge in [-0.1, -0.05) is 11.6 Å². The molecule has 3 heterocycles. The standard InChI is InChI=1S/C13H12ClIN6O/c1-6-4-21(22)9(7(2)10(6)15)5-20-12-8(3-17-20)11(14)18-13(16)19-12/h3-4H,5H2,1-2H3,(H2,16,18,19). The summed E-state index contributed by atoms with van der Waals surface area (Å²) in [6.45, 7) is 4.10. The van der Waals surface area contributed by atoms with Gasteiger partial charge in [-0.2, -0.15) is 14.8 Å². The number of nitrogen functional groups attached to an aromatic ring is 1.